The van der Waals surface area contributed by atoms with Crippen LogP contribution in [-0.4, -0.2) is 13.1 Å². The van der Waals surface area contributed by atoms with Crippen molar-refractivity contribution in [2.75, 3.05) is 13.1 Å². The van der Waals surface area contributed by atoms with Crippen molar-refractivity contribution in [2.45, 2.75) is 38.8 Å². The maximum Gasteiger partial charge on any atom is 0.0491 e. The molecule has 3 nitrogen and oxygen atoms in total. The van der Waals surface area contributed by atoms with E-state index in [-0.39, 0.29) is 12.1 Å². The SMILES string of the molecule is CCCNCCC.N[C@H](c1ccccc1)[C@H](N)c1ccccc1. The van der Waals surface area contributed by atoms with E-state index in [1.807, 2.05) is 60.7 Å². The van der Waals surface area contributed by atoms with E-state index in [0.29, 0.717) is 0 Å². The summed E-state index contributed by atoms with van der Waals surface area (Å²) < 4.78 is 0. The monoisotopic (exact) mass is 313 g/mol. The first-order chi connectivity index (χ1) is 11.2. The van der Waals surface area contributed by atoms with E-state index in [4.69, 9.17) is 11.5 Å². The van der Waals surface area contributed by atoms with Crippen LogP contribution in [0.3, 0.4) is 0 Å². The summed E-state index contributed by atoms with van der Waals surface area (Å²) in [5.41, 5.74) is 14.4. The van der Waals surface area contributed by atoms with Crippen LogP contribution in [0, 0.1) is 0 Å². The normalized spacial score (nSPS) is 12.9. The summed E-state index contributed by atoms with van der Waals surface area (Å²) in [6, 6.07) is 19.6. The second kappa shape index (κ2) is 11.8. The van der Waals surface area contributed by atoms with Crippen LogP contribution in [-0.2, 0) is 0 Å². The zero-order valence-corrected chi connectivity index (χ0v) is 14.4. The first-order valence-corrected chi connectivity index (χ1v) is 8.52. The van der Waals surface area contributed by atoms with Gasteiger partial charge < -0.3 is 16.8 Å². The quantitative estimate of drug-likeness (QED) is 0.682. The van der Waals surface area contributed by atoms with Gasteiger partial charge in [-0.05, 0) is 37.1 Å². The smallest absolute Gasteiger partial charge is 0.0491 e. The summed E-state index contributed by atoms with van der Waals surface area (Å²) in [5, 5.41) is 3.28. The van der Waals surface area contributed by atoms with Crippen LogP contribution < -0.4 is 16.8 Å². The van der Waals surface area contributed by atoms with Crippen molar-refractivity contribution in [3.05, 3.63) is 71.8 Å². The molecule has 0 amide bonds. The molecule has 0 bridgehead atoms. The molecule has 0 spiro atoms. The molecule has 0 radical (unpaired) electrons. The van der Waals surface area contributed by atoms with Crippen LogP contribution in [0.1, 0.15) is 49.9 Å². The summed E-state index contributed by atoms with van der Waals surface area (Å²) in [6.07, 6.45) is 2.50. The summed E-state index contributed by atoms with van der Waals surface area (Å²) >= 11 is 0. The molecule has 2 atom stereocenters. The molecule has 0 heterocycles. The summed E-state index contributed by atoms with van der Waals surface area (Å²) in [5.74, 6) is 0. The van der Waals surface area contributed by atoms with E-state index in [1.165, 1.54) is 25.9 Å². The minimum atomic E-state index is -0.163. The minimum absolute atomic E-state index is 0.163. The lowest BCUT2D eigenvalue weighted by Gasteiger charge is -2.20. The van der Waals surface area contributed by atoms with Crippen molar-refractivity contribution < 1.29 is 0 Å². The van der Waals surface area contributed by atoms with Gasteiger partial charge in [-0.2, -0.15) is 0 Å². The Balaban J connectivity index is 0.000000322. The highest BCUT2D eigenvalue weighted by molar-refractivity contribution is 5.26. The van der Waals surface area contributed by atoms with Gasteiger partial charge in [0.2, 0.25) is 0 Å². The molecule has 0 aliphatic carbocycles. The highest BCUT2D eigenvalue weighted by Gasteiger charge is 2.16. The topological polar surface area (TPSA) is 64.1 Å². The first-order valence-electron chi connectivity index (χ1n) is 8.52. The largest absolute Gasteiger partial charge is 0.322 e. The van der Waals surface area contributed by atoms with E-state index in [9.17, 15) is 0 Å². The Kier molecular flexibility index (Phi) is 9.96. The molecule has 0 aliphatic heterocycles. The Morgan fingerprint density at radius 1 is 0.696 bits per heavy atom. The third kappa shape index (κ3) is 7.42. The van der Waals surface area contributed by atoms with Crippen LogP contribution in [0.5, 0.6) is 0 Å². The highest BCUT2D eigenvalue weighted by atomic mass is 14.8. The highest BCUT2D eigenvalue weighted by Crippen LogP contribution is 2.23. The van der Waals surface area contributed by atoms with Gasteiger partial charge in [0.25, 0.3) is 0 Å². The van der Waals surface area contributed by atoms with Gasteiger partial charge in [-0.1, -0.05) is 74.5 Å². The Morgan fingerprint density at radius 2 is 1.04 bits per heavy atom. The van der Waals surface area contributed by atoms with Gasteiger partial charge in [-0.25, -0.2) is 0 Å². The van der Waals surface area contributed by atoms with Crippen LogP contribution in [0.2, 0.25) is 0 Å². The molecule has 2 aromatic rings. The Morgan fingerprint density at radius 3 is 1.35 bits per heavy atom. The third-order valence-corrected chi connectivity index (χ3v) is 3.61. The molecular formula is C20H31N3. The van der Waals surface area contributed by atoms with Crippen molar-refractivity contribution in [1.82, 2.24) is 5.32 Å². The predicted octanol–water partition coefficient (Wildman–Crippen LogP) is 3.78. The van der Waals surface area contributed by atoms with Crippen molar-refractivity contribution in [1.29, 1.82) is 0 Å². The molecule has 3 heteroatoms. The number of nitrogens with two attached hydrogens (primary N) is 2. The minimum Gasteiger partial charge on any atom is -0.322 e. The molecule has 0 aliphatic rings. The number of hydrogen-bond donors (Lipinski definition) is 3. The molecule has 2 aromatic carbocycles. The number of hydrogen-bond acceptors (Lipinski definition) is 3. The fourth-order valence-electron chi connectivity index (χ4n) is 2.24. The van der Waals surface area contributed by atoms with Crippen molar-refractivity contribution in [2.24, 2.45) is 11.5 Å². The molecule has 0 unspecified atom stereocenters. The van der Waals surface area contributed by atoms with Crippen molar-refractivity contribution in [3.63, 3.8) is 0 Å². The van der Waals surface area contributed by atoms with Gasteiger partial charge in [0.05, 0.1) is 0 Å². The van der Waals surface area contributed by atoms with Gasteiger partial charge in [0.15, 0.2) is 0 Å². The zero-order chi connectivity index (χ0) is 16.9. The Hall–Kier alpha value is -1.68. The number of rotatable bonds is 7. The average molecular weight is 313 g/mol. The van der Waals surface area contributed by atoms with E-state index in [0.717, 1.165) is 11.1 Å². The van der Waals surface area contributed by atoms with Crippen LogP contribution >= 0.6 is 0 Å². The molecule has 0 saturated carbocycles. The van der Waals surface area contributed by atoms with Gasteiger partial charge in [0, 0.05) is 12.1 Å². The number of benzene rings is 2. The fraction of sp³-hybridized carbons (Fsp3) is 0.400. The molecule has 0 fully saturated rings. The second-order valence-electron chi connectivity index (χ2n) is 5.62. The van der Waals surface area contributed by atoms with Gasteiger partial charge in [-0.3, -0.25) is 0 Å². The zero-order valence-electron chi connectivity index (χ0n) is 14.4. The molecule has 23 heavy (non-hydrogen) atoms. The molecule has 0 aromatic heterocycles. The number of nitrogens with one attached hydrogen (secondary N) is 1. The second-order valence-corrected chi connectivity index (χ2v) is 5.62. The maximum atomic E-state index is 6.15. The van der Waals surface area contributed by atoms with Crippen molar-refractivity contribution >= 4 is 0 Å². The Bertz CT molecular complexity index is 451. The van der Waals surface area contributed by atoms with Crippen LogP contribution in [0.15, 0.2) is 60.7 Å². The molecule has 5 N–H and O–H groups in total. The Labute approximate surface area is 141 Å². The predicted molar refractivity (Wildman–Crippen MR) is 100 cm³/mol. The summed E-state index contributed by atoms with van der Waals surface area (Å²) in [4.78, 5) is 0. The fourth-order valence-corrected chi connectivity index (χ4v) is 2.24. The lowest BCUT2D eigenvalue weighted by molar-refractivity contribution is 0.574. The van der Waals surface area contributed by atoms with E-state index in [1.54, 1.807) is 0 Å². The molecule has 2 rings (SSSR count). The lowest BCUT2D eigenvalue weighted by atomic mass is 9.95. The summed E-state index contributed by atoms with van der Waals surface area (Å²) in [7, 11) is 0. The summed E-state index contributed by atoms with van der Waals surface area (Å²) in [6.45, 7) is 6.72. The molecule has 126 valence electrons. The first kappa shape index (κ1) is 19.4. The maximum absolute atomic E-state index is 6.15. The van der Waals surface area contributed by atoms with E-state index < -0.39 is 0 Å². The molecular weight excluding hydrogens is 282 g/mol. The lowest BCUT2D eigenvalue weighted by Crippen LogP contribution is -2.26. The third-order valence-electron chi connectivity index (χ3n) is 3.61. The van der Waals surface area contributed by atoms with E-state index in [2.05, 4.69) is 19.2 Å². The van der Waals surface area contributed by atoms with Gasteiger partial charge in [-0.15, -0.1) is 0 Å². The van der Waals surface area contributed by atoms with Crippen LogP contribution in [0.4, 0.5) is 0 Å². The van der Waals surface area contributed by atoms with Crippen molar-refractivity contribution in [3.8, 4) is 0 Å². The van der Waals surface area contributed by atoms with Crippen LogP contribution in [0.25, 0.3) is 0 Å². The average Bonchev–Trinajstić information content (AvgIpc) is 2.63. The van der Waals surface area contributed by atoms with E-state index >= 15 is 0 Å². The standard InChI is InChI=1S/C14H16N2.C6H15N/c15-13(11-7-3-1-4-8-11)14(16)12-9-5-2-6-10-12;1-3-5-7-6-4-2/h1-10,13-14H,15-16H2;7H,3-6H2,1-2H3/t13-,14-;/m1./s1. The molecule has 0 saturated heterocycles. The van der Waals surface area contributed by atoms with Gasteiger partial charge in [0.1, 0.15) is 0 Å². The van der Waals surface area contributed by atoms with Gasteiger partial charge >= 0.3 is 0 Å².